The van der Waals surface area contributed by atoms with E-state index in [2.05, 4.69) is 10.3 Å². The van der Waals surface area contributed by atoms with Crippen molar-refractivity contribution in [3.63, 3.8) is 0 Å². The van der Waals surface area contributed by atoms with Gasteiger partial charge in [0.05, 0.1) is 17.9 Å². The molecule has 2 aromatic heterocycles. The van der Waals surface area contributed by atoms with Gasteiger partial charge < -0.3 is 39.9 Å². The Bertz CT molecular complexity index is 1040. The molecule has 0 bridgehead atoms. The Morgan fingerprint density at radius 2 is 1.97 bits per heavy atom. The lowest BCUT2D eigenvalue weighted by Crippen LogP contribution is -2.49. The Morgan fingerprint density at radius 3 is 2.59 bits per heavy atom. The number of nitrogens with one attached hydrogen (secondary N) is 2. The zero-order valence-corrected chi connectivity index (χ0v) is 15.6. The Morgan fingerprint density at radius 1 is 1.21 bits per heavy atom. The molecule has 3 aromatic rings. The number of carbonyl (C=O) groups excluding carboxylic acids is 1. The normalized spacial score (nSPS) is 15.6. The maximum Gasteiger partial charge on any atom is 0.345 e. The molecule has 0 unspecified atom stereocenters. The van der Waals surface area contributed by atoms with Gasteiger partial charge in [0.2, 0.25) is 0 Å². The molecule has 154 valence electrons. The van der Waals surface area contributed by atoms with Crippen molar-refractivity contribution >= 4 is 22.9 Å². The van der Waals surface area contributed by atoms with Crippen LogP contribution in [0.3, 0.4) is 0 Å². The molecule has 0 fully saturated rings. The Kier molecular flexibility index (Phi) is 6.14. The van der Waals surface area contributed by atoms with Gasteiger partial charge in [-0.3, -0.25) is 0 Å². The summed E-state index contributed by atoms with van der Waals surface area (Å²) in [6, 6.07) is 7.11. The van der Waals surface area contributed by atoms with Crippen LogP contribution >= 0.6 is 0 Å². The van der Waals surface area contributed by atoms with Crippen LogP contribution in [0.1, 0.15) is 5.56 Å². The van der Waals surface area contributed by atoms with Crippen LogP contribution in [0.15, 0.2) is 45.7 Å². The summed E-state index contributed by atoms with van der Waals surface area (Å²) in [7, 11) is 0. The minimum atomic E-state index is -1.73. The first-order valence-corrected chi connectivity index (χ1v) is 8.95. The predicted octanol–water partition coefficient (Wildman–Crippen LogP) is 0.151. The van der Waals surface area contributed by atoms with E-state index in [1.807, 2.05) is 0 Å². The molecule has 0 amide bonds. The third-order valence-electron chi connectivity index (χ3n) is 4.81. The van der Waals surface area contributed by atoms with Crippen molar-refractivity contribution in [1.82, 2.24) is 4.98 Å². The highest BCUT2D eigenvalue weighted by atomic mass is 16.4. The number of rotatable bonds is 8. The van der Waals surface area contributed by atoms with Crippen LogP contribution in [-0.4, -0.2) is 62.7 Å². The summed E-state index contributed by atoms with van der Waals surface area (Å²) in [5, 5.41) is 41.7. The standard InChI is InChI=1S/C20H22N2O7/c1-10-12-5-4-11(22-14(8-23)18(26)19(27)15(25)9-24)7-16(12)29-20(28)17(10)13-3-2-6-21-13/h2-8,14-15,18-19,21-22,24-27H,9H2,1H3/t14-,15+,18+,19+/m1/s1. The average molecular weight is 402 g/mol. The van der Waals surface area contributed by atoms with Crippen LogP contribution in [0.25, 0.3) is 22.2 Å². The van der Waals surface area contributed by atoms with E-state index in [1.165, 1.54) is 6.07 Å². The number of aliphatic hydroxyl groups is 4. The van der Waals surface area contributed by atoms with Gasteiger partial charge in [-0.1, -0.05) is 0 Å². The summed E-state index contributed by atoms with van der Waals surface area (Å²) in [6.07, 6.45) is -2.92. The quantitative estimate of drug-likeness (QED) is 0.230. The molecule has 0 aliphatic carbocycles. The van der Waals surface area contributed by atoms with Gasteiger partial charge >= 0.3 is 5.63 Å². The number of hydrogen-bond acceptors (Lipinski definition) is 8. The highest BCUT2D eigenvalue weighted by molar-refractivity contribution is 5.88. The Hall–Kier alpha value is -2.98. The maximum absolute atomic E-state index is 12.5. The van der Waals surface area contributed by atoms with Gasteiger partial charge in [-0.25, -0.2) is 4.79 Å². The number of hydrogen-bond donors (Lipinski definition) is 6. The zero-order valence-electron chi connectivity index (χ0n) is 15.6. The van der Waals surface area contributed by atoms with Crippen molar-refractivity contribution < 1.29 is 29.6 Å². The Balaban J connectivity index is 1.93. The SMILES string of the molecule is Cc1c(-c2ccc[nH]2)c(=O)oc2cc(N[C@H](C=O)[C@H](O)[C@@H](O)[C@@H](O)CO)ccc12. The molecule has 0 aliphatic heterocycles. The number of carbonyl (C=O) groups is 1. The van der Waals surface area contributed by atoms with E-state index in [1.54, 1.807) is 37.4 Å². The minimum Gasteiger partial charge on any atom is -0.422 e. The zero-order chi connectivity index (χ0) is 21.1. The number of benzene rings is 1. The molecular weight excluding hydrogens is 380 g/mol. The Labute approximate surface area is 165 Å². The molecule has 29 heavy (non-hydrogen) atoms. The third-order valence-corrected chi connectivity index (χ3v) is 4.81. The smallest absolute Gasteiger partial charge is 0.345 e. The lowest BCUT2D eigenvalue weighted by Gasteiger charge is -2.26. The second kappa shape index (κ2) is 8.58. The molecule has 6 N–H and O–H groups in total. The number of fused-ring (bicyclic) bond motifs is 1. The van der Waals surface area contributed by atoms with Crippen LogP contribution < -0.4 is 10.9 Å². The third kappa shape index (κ3) is 4.08. The molecule has 3 rings (SSSR count). The van der Waals surface area contributed by atoms with Gasteiger partial charge in [-0.15, -0.1) is 0 Å². The summed E-state index contributed by atoms with van der Waals surface area (Å²) in [5.41, 5.74) is 1.89. The van der Waals surface area contributed by atoms with Gasteiger partial charge in [-0.05, 0) is 36.8 Å². The number of aryl methyl sites for hydroxylation is 1. The fourth-order valence-electron chi connectivity index (χ4n) is 3.18. The molecule has 9 heteroatoms. The van der Waals surface area contributed by atoms with Crippen LogP contribution in [0.4, 0.5) is 5.69 Å². The maximum atomic E-state index is 12.5. The fourth-order valence-corrected chi connectivity index (χ4v) is 3.18. The summed E-state index contributed by atoms with van der Waals surface area (Å²) in [4.78, 5) is 26.8. The summed E-state index contributed by atoms with van der Waals surface area (Å²) in [6.45, 7) is 1.03. The fraction of sp³-hybridized carbons (Fsp3) is 0.300. The number of aromatic nitrogens is 1. The van der Waals surface area contributed by atoms with Gasteiger partial charge in [0.1, 0.15) is 36.2 Å². The van der Waals surface area contributed by atoms with Gasteiger partial charge in [0.25, 0.3) is 0 Å². The van der Waals surface area contributed by atoms with Crippen molar-refractivity contribution in [3.05, 3.63) is 52.5 Å². The number of anilines is 1. The average Bonchev–Trinajstić information content (AvgIpc) is 3.24. The molecule has 9 nitrogen and oxygen atoms in total. The summed E-state index contributed by atoms with van der Waals surface area (Å²) in [5.74, 6) is 0. The molecule has 1 aromatic carbocycles. The van der Waals surface area contributed by atoms with E-state index in [0.717, 1.165) is 5.56 Å². The van der Waals surface area contributed by atoms with E-state index in [0.29, 0.717) is 28.6 Å². The van der Waals surface area contributed by atoms with Gasteiger partial charge in [0, 0.05) is 23.3 Å². The monoisotopic (exact) mass is 402 g/mol. The van der Waals surface area contributed by atoms with Crippen molar-refractivity contribution in [2.45, 2.75) is 31.3 Å². The lowest BCUT2D eigenvalue weighted by atomic mass is 10.0. The summed E-state index contributed by atoms with van der Waals surface area (Å²) >= 11 is 0. The number of aromatic amines is 1. The van der Waals surface area contributed by atoms with E-state index in [-0.39, 0.29) is 5.58 Å². The van der Waals surface area contributed by atoms with E-state index in [4.69, 9.17) is 9.52 Å². The second-order valence-electron chi connectivity index (χ2n) is 6.72. The van der Waals surface area contributed by atoms with Crippen molar-refractivity contribution in [1.29, 1.82) is 0 Å². The van der Waals surface area contributed by atoms with Gasteiger partial charge in [-0.2, -0.15) is 0 Å². The number of H-pyrrole nitrogens is 1. The van der Waals surface area contributed by atoms with Crippen molar-refractivity contribution in [2.75, 3.05) is 11.9 Å². The number of aldehydes is 1. The minimum absolute atomic E-state index is 0.280. The highest BCUT2D eigenvalue weighted by Crippen LogP contribution is 2.27. The van der Waals surface area contributed by atoms with E-state index >= 15 is 0 Å². The first kappa shape index (κ1) is 20.7. The molecule has 2 heterocycles. The molecule has 0 radical (unpaired) electrons. The molecule has 0 aliphatic rings. The van der Waals surface area contributed by atoms with E-state index < -0.39 is 36.6 Å². The van der Waals surface area contributed by atoms with E-state index in [9.17, 15) is 24.9 Å². The predicted molar refractivity (Wildman–Crippen MR) is 106 cm³/mol. The second-order valence-corrected chi connectivity index (χ2v) is 6.72. The first-order chi connectivity index (χ1) is 13.9. The molecule has 4 atom stereocenters. The summed E-state index contributed by atoms with van der Waals surface area (Å²) < 4.78 is 5.43. The largest absolute Gasteiger partial charge is 0.422 e. The van der Waals surface area contributed by atoms with Crippen molar-refractivity contribution in [3.8, 4) is 11.3 Å². The van der Waals surface area contributed by atoms with Crippen LogP contribution in [-0.2, 0) is 4.79 Å². The van der Waals surface area contributed by atoms with Crippen molar-refractivity contribution in [2.24, 2.45) is 0 Å². The molecule has 0 spiro atoms. The van der Waals surface area contributed by atoms with Crippen LogP contribution in [0.2, 0.25) is 0 Å². The number of aliphatic hydroxyl groups excluding tert-OH is 4. The first-order valence-electron chi connectivity index (χ1n) is 8.95. The molecule has 0 saturated carbocycles. The van der Waals surface area contributed by atoms with Crippen LogP contribution in [0, 0.1) is 6.92 Å². The molecular formula is C20H22N2O7. The highest BCUT2D eigenvalue weighted by Gasteiger charge is 2.31. The molecule has 0 saturated heterocycles. The van der Waals surface area contributed by atoms with Crippen LogP contribution in [0.5, 0.6) is 0 Å². The van der Waals surface area contributed by atoms with Gasteiger partial charge in [0.15, 0.2) is 0 Å². The topological polar surface area (TPSA) is 156 Å². The lowest BCUT2D eigenvalue weighted by molar-refractivity contribution is -0.117.